The predicted octanol–water partition coefficient (Wildman–Crippen LogP) is 2.90. The lowest BCUT2D eigenvalue weighted by Crippen LogP contribution is -2.18. The molecule has 104 valence electrons. The van der Waals surface area contributed by atoms with Crippen molar-refractivity contribution < 1.29 is 9.32 Å². The van der Waals surface area contributed by atoms with Crippen molar-refractivity contribution in [2.24, 2.45) is 0 Å². The highest BCUT2D eigenvalue weighted by atomic mass is 35.5. The number of hydrogen-bond acceptors (Lipinski definition) is 5. The van der Waals surface area contributed by atoms with Gasteiger partial charge in [0.25, 0.3) is 0 Å². The van der Waals surface area contributed by atoms with E-state index in [4.69, 9.17) is 11.6 Å². The number of allylic oxidation sites excluding steroid dienone is 1. The summed E-state index contributed by atoms with van der Waals surface area (Å²) in [7, 11) is 0. The van der Waals surface area contributed by atoms with Crippen LogP contribution in [0.25, 0.3) is 5.70 Å². The van der Waals surface area contributed by atoms with Crippen LogP contribution in [0.3, 0.4) is 0 Å². The van der Waals surface area contributed by atoms with Gasteiger partial charge in [0.05, 0.1) is 0 Å². The Morgan fingerprint density at radius 2 is 2.05 bits per heavy atom. The fraction of sp³-hybridized carbons (Fsp3) is 0.154. The first-order valence-electron chi connectivity index (χ1n) is 5.63. The van der Waals surface area contributed by atoms with Gasteiger partial charge in [-0.25, -0.2) is 9.36 Å². The summed E-state index contributed by atoms with van der Waals surface area (Å²) in [5.74, 6) is -1.15. The Morgan fingerprint density at radius 3 is 2.65 bits per heavy atom. The average molecular weight is 311 g/mol. The van der Waals surface area contributed by atoms with Crippen molar-refractivity contribution in [3.05, 3.63) is 56.6 Å². The zero-order valence-electron chi connectivity index (χ0n) is 10.8. The van der Waals surface area contributed by atoms with Gasteiger partial charge in [0.1, 0.15) is 0 Å². The number of carbonyl (C=O) groups is 1. The van der Waals surface area contributed by atoms with E-state index in [0.717, 1.165) is 4.57 Å². The molecule has 0 radical (unpaired) electrons. The Balaban J connectivity index is 2.48. The van der Waals surface area contributed by atoms with Crippen LogP contribution in [-0.4, -0.2) is 21.8 Å². The molecule has 1 aromatic carbocycles. The third kappa shape index (κ3) is 2.86. The molecule has 0 saturated heterocycles. The van der Waals surface area contributed by atoms with Gasteiger partial charge < -0.3 is 0 Å². The van der Waals surface area contributed by atoms with Crippen molar-refractivity contribution in [3.63, 3.8) is 0 Å². The Morgan fingerprint density at radius 1 is 1.40 bits per heavy atom. The molecular formula is C13H11ClN2O3S. The SMILES string of the molecule is CS/C=C(/C)n1c(C(=O)c2ccc(Cl)cc2)noc1=O. The van der Waals surface area contributed by atoms with Crippen LogP contribution in [0, 0.1) is 0 Å². The molecule has 0 bridgehead atoms. The van der Waals surface area contributed by atoms with Crippen LogP contribution in [0.2, 0.25) is 5.02 Å². The summed E-state index contributed by atoms with van der Waals surface area (Å²) >= 11 is 7.19. The standard InChI is InChI=1S/C13H11ClN2O3S/c1-8(7-20-2)16-12(15-19-13(16)18)11(17)9-3-5-10(14)6-4-9/h3-7H,1-2H3/b8-7-. The second kappa shape index (κ2) is 6.11. The van der Waals surface area contributed by atoms with Gasteiger partial charge in [0.2, 0.25) is 11.6 Å². The molecule has 0 saturated carbocycles. The van der Waals surface area contributed by atoms with Crippen molar-refractivity contribution in [2.45, 2.75) is 6.92 Å². The largest absolute Gasteiger partial charge is 0.446 e. The molecule has 5 nitrogen and oxygen atoms in total. The zero-order valence-corrected chi connectivity index (χ0v) is 12.4. The minimum Gasteiger partial charge on any atom is -0.295 e. The fourth-order valence-corrected chi connectivity index (χ4v) is 2.23. The maximum atomic E-state index is 12.3. The highest BCUT2D eigenvalue weighted by molar-refractivity contribution is 8.01. The summed E-state index contributed by atoms with van der Waals surface area (Å²) in [6, 6.07) is 6.34. The van der Waals surface area contributed by atoms with E-state index in [-0.39, 0.29) is 5.82 Å². The average Bonchev–Trinajstić information content (AvgIpc) is 2.81. The van der Waals surface area contributed by atoms with Crippen LogP contribution in [0.15, 0.2) is 39.0 Å². The quantitative estimate of drug-likeness (QED) is 0.812. The van der Waals surface area contributed by atoms with Crippen molar-refractivity contribution in [3.8, 4) is 0 Å². The first kappa shape index (κ1) is 14.6. The van der Waals surface area contributed by atoms with Crippen molar-refractivity contribution in [1.82, 2.24) is 9.72 Å². The molecule has 7 heteroatoms. The van der Waals surface area contributed by atoms with Crippen molar-refractivity contribution in [1.29, 1.82) is 0 Å². The van der Waals surface area contributed by atoms with E-state index in [1.165, 1.54) is 11.8 Å². The highest BCUT2D eigenvalue weighted by Crippen LogP contribution is 2.15. The number of hydrogen-bond donors (Lipinski definition) is 0. The Labute approximate surface area is 124 Å². The van der Waals surface area contributed by atoms with Crippen LogP contribution >= 0.6 is 23.4 Å². The molecule has 0 amide bonds. The summed E-state index contributed by atoms with van der Waals surface area (Å²) in [6.07, 6.45) is 1.85. The molecule has 1 aromatic heterocycles. The Hall–Kier alpha value is -1.79. The van der Waals surface area contributed by atoms with Gasteiger partial charge in [-0.3, -0.25) is 9.32 Å². The number of ketones is 1. The predicted molar refractivity (Wildman–Crippen MR) is 79.1 cm³/mol. The summed E-state index contributed by atoms with van der Waals surface area (Å²) in [5, 5.41) is 5.82. The molecular weight excluding hydrogens is 300 g/mol. The fourth-order valence-electron chi connectivity index (χ4n) is 1.66. The molecule has 20 heavy (non-hydrogen) atoms. The summed E-state index contributed by atoms with van der Waals surface area (Å²) in [4.78, 5) is 24.0. The molecule has 0 aliphatic rings. The van der Waals surface area contributed by atoms with E-state index in [1.54, 1.807) is 36.6 Å². The van der Waals surface area contributed by atoms with E-state index in [2.05, 4.69) is 9.68 Å². The van der Waals surface area contributed by atoms with Crippen LogP contribution in [0.4, 0.5) is 0 Å². The smallest absolute Gasteiger partial charge is 0.295 e. The van der Waals surface area contributed by atoms with E-state index in [0.29, 0.717) is 16.3 Å². The topological polar surface area (TPSA) is 65.1 Å². The lowest BCUT2D eigenvalue weighted by atomic mass is 10.1. The lowest BCUT2D eigenvalue weighted by molar-refractivity contribution is 0.102. The number of aromatic nitrogens is 2. The minimum absolute atomic E-state index is 0.0554. The molecule has 0 unspecified atom stereocenters. The third-order valence-corrected chi connectivity index (χ3v) is 3.38. The van der Waals surface area contributed by atoms with Crippen LogP contribution in [0.5, 0.6) is 0 Å². The van der Waals surface area contributed by atoms with Crippen LogP contribution < -0.4 is 5.76 Å². The molecule has 0 N–H and O–H groups in total. The van der Waals surface area contributed by atoms with E-state index >= 15 is 0 Å². The first-order valence-corrected chi connectivity index (χ1v) is 7.30. The highest BCUT2D eigenvalue weighted by Gasteiger charge is 2.21. The minimum atomic E-state index is -0.690. The van der Waals surface area contributed by atoms with E-state index in [1.807, 2.05) is 6.26 Å². The number of carbonyl (C=O) groups excluding carboxylic acids is 1. The second-order valence-electron chi connectivity index (χ2n) is 3.94. The number of nitrogens with zero attached hydrogens (tertiary/aromatic N) is 2. The summed E-state index contributed by atoms with van der Waals surface area (Å²) < 4.78 is 5.74. The van der Waals surface area contributed by atoms with Gasteiger partial charge in [0, 0.05) is 16.3 Å². The van der Waals surface area contributed by atoms with Gasteiger partial charge in [-0.1, -0.05) is 16.8 Å². The number of halogens is 1. The summed E-state index contributed by atoms with van der Waals surface area (Å²) in [5.41, 5.74) is 0.953. The zero-order chi connectivity index (χ0) is 14.7. The molecule has 2 rings (SSSR count). The maximum absolute atomic E-state index is 12.3. The van der Waals surface area contributed by atoms with Gasteiger partial charge in [-0.05, 0) is 42.9 Å². The van der Waals surface area contributed by atoms with Crippen LogP contribution in [0.1, 0.15) is 23.1 Å². The van der Waals surface area contributed by atoms with Crippen molar-refractivity contribution in [2.75, 3.05) is 6.26 Å². The molecule has 0 atom stereocenters. The molecule has 0 aliphatic carbocycles. The second-order valence-corrected chi connectivity index (χ2v) is 5.08. The third-order valence-electron chi connectivity index (χ3n) is 2.56. The summed E-state index contributed by atoms with van der Waals surface area (Å²) in [6.45, 7) is 1.70. The van der Waals surface area contributed by atoms with Gasteiger partial charge in [-0.2, -0.15) is 0 Å². The maximum Gasteiger partial charge on any atom is 0.446 e. The van der Waals surface area contributed by atoms with Crippen LogP contribution in [-0.2, 0) is 0 Å². The van der Waals surface area contributed by atoms with Gasteiger partial charge in [-0.15, -0.1) is 11.8 Å². The van der Waals surface area contributed by atoms with E-state index in [9.17, 15) is 9.59 Å². The number of thioether (sulfide) groups is 1. The molecule has 0 aliphatic heterocycles. The number of rotatable bonds is 4. The normalized spacial score (nSPS) is 11.7. The van der Waals surface area contributed by atoms with Gasteiger partial charge >= 0.3 is 5.76 Å². The molecule has 2 aromatic rings. The monoisotopic (exact) mass is 310 g/mol. The Kier molecular flexibility index (Phi) is 4.46. The van der Waals surface area contributed by atoms with Crippen molar-refractivity contribution >= 4 is 34.8 Å². The molecule has 1 heterocycles. The molecule has 0 spiro atoms. The van der Waals surface area contributed by atoms with Gasteiger partial charge in [0.15, 0.2) is 0 Å². The van der Waals surface area contributed by atoms with E-state index < -0.39 is 11.5 Å². The Bertz CT molecular complexity index is 716. The lowest BCUT2D eigenvalue weighted by Gasteiger charge is -2.03. The first-order chi connectivity index (χ1) is 9.54. The number of benzene rings is 1. The molecule has 0 fully saturated rings.